The predicted molar refractivity (Wildman–Crippen MR) is 92.8 cm³/mol. The highest BCUT2D eigenvalue weighted by Gasteiger charge is 2.37. The predicted octanol–water partition coefficient (Wildman–Crippen LogP) is 3.43. The van der Waals surface area contributed by atoms with Gasteiger partial charge in [0, 0.05) is 15.9 Å². The van der Waals surface area contributed by atoms with E-state index in [1.807, 2.05) is 0 Å². The Kier molecular flexibility index (Phi) is 9.42. The molecule has 4 nitrogen and oxygen atoms in total. The summed E-state index contributed by atoms with van der Waals surface area (Å²) in [4.78, 5) is 0. The molecule has 0 bridgehead atoms. The van der Waals surface area contributed by atoms with E-state index in [2.05, 4.69) is 37.2 Å². The zero-order chi connectivity index (χ0) is 16.6. The Bertz CT molecular complexity index is 302. The van der Waals surface area contributed by atoms with Crippen molar-refractivity contribution in [3.05, 3.63) is 0 Å². The van der Waals surface area contributed by atoms with E-state index in [-0.39, 0.29) is 18.8 Å². The Hall–Kier alpha value is 0.270. The van der Waals surface area contributed by atoms with Gasteiger partial charge in [-0.05, 0) is 18.3 Å². The number of aliphatic hydroxyl groups is 1. The average molecular weight is 334 g/mol. The molecule has 0 aromatic carbocycles. The SMILES string of the molecule is CCC(C)CC1CC(C(C)CC)OCC(CO)(COP)CO1. The molecular formula is C17H35O4P. The summed E-state index contributed by atoms with van der Waals surface area (Å²) < 4.78 is 17.6. The van der Waals surface area contributed by atoms with E-state index in [0.29, 0.717) is 31.7 Å². The van der Waals surface area contributed by atoms with Crippen LogP contribution in [-0.2, 0) is 14.0 Å². The lowest BCUT2D eigenvalue weighted by molar-refractivity contribution is -0.152. The lowest BCUT2D eigenvalue weighted by Gasteiger charge is -2.39. The van der Waals surface area contributed by atoms with Gasteiger partial charge >= 0.3 is 0 Å². The molecule has 1 aliphatic rings. The van der Waals surface area contributed by atoms with Crippen LogP contribution in [0, 0.1) is 17.3 Å². The minimum Gasteiger partial charge on any atom is -0.396 e. The van der Waals surface area contributed by atoms with Gasteiger partial charge in [-0.25, -0.2) is 0 Å². The highest BCUT2D eigenvalue weighted by Crippen LogP contribution is 2.30. The van der Waals surface area contributed by atoms with Crippen LogP contribution in [0.5, 0.6) is 0 Å². The van der Waals surface area contributed by atoms with E-state index < -0.39 is 5.41 Å². The van der Waals surface area contributed by atoms with E-state index in [1.54, 1.807) is 0 Å². The van der Waals surface area contributed by atoms with Gasteiger partial charge in [-0.3, -0.25) is 0 Å². The van der Waals surface area contributed by atoms with Crippen molar-refractivity contribution in [2.75, 3.05) is 26.4 Å². The third-order valence-electron chi connectivity index (χ3n) is 5.09. The van der Waals surface area contributed by atoms with Gasteiger partial charge in [0.2, 0.25) is 0 Å². The van der Waals surface area contributed by atoms with Crippen molar-refractivity contribution < 1.29 is 19.1 Å². The van der Waals surface area contributed by atoms with Crippen LogP contribution in [0.1, 0.15) is 53.4 Å². The van der Waals surface area contributed by atoms with Gasteiger partial charge in [-0.15, -0.1) is 0 Å². The Morgan fingerprint density at radius 1 is 1.23 bits per heavy atom. The van der Waals surface area contributed by atoms with Gasteiger partial charge in [0.1, 0.15) is 0 Å². The van der Waals surface area contributed by atoms with Gasteiger partial charge in [-0.1, -0.05) is 40.5 Å². The number of hydrogen-bond acceptors (Lipinski definition) is 4. The first-order chi connectivity index (χ1) is 10.5. The van der Waals surface area contributed by atoms with Crippen LogP contribution >= 0.6 is 9.47 Å². The number of ether oxygens (including phenoxy) is 2. The molecular weight excluding hydrogens is 299 g/mol. The molecule has 0 saturated carbocycles. The smallest absolute Gasteiger partial charge is 0.0638 e. The van der Waals surface area contributed by atoms with Crippen LogP contribution in [0.4, 0.5) is 0 Å². The lowest BCUT2D eigenvalue weighted by Crippen LogP contribution is -2.46. The molecule has 0 aromatic rings. The van der Waals surface area contributed by atoms with E-state index in [9.17, 15) is 5.11 Å². The summed E-state index contributed by atoms with van der Waals surface area (Å²) >= 11 is 0. The molecule has 5 heteroatoms. The molecule has 1 aliphatic heterocycles. The van der Waals surface area contributed by atoms with Crippen LogP contribution in [-0.4, -0.2) is 43.7 Å². The van der Waals surface area contributed by atoms with Crippen LogP contribution in [0.15, 0.2) is 0 Å². The fourth-order valence-corrected chi connectivity index (χ4v) is 3.21. The van der Waals surface area contributed by atoms with Gasteiger partial charge < -0.3 is 19.1 Å². The zero-order valence-electron chi connectivity index (χ0n) is 14.7. The fourth-order valence-electron chi connectivity index (χ4n) is 2.85. The molecule has 0 aromatic heterocycles. The molecule has 1 heterocycles. The topological polar surface area (TPSA) is 47.9 Å². The van der Waals surface area contributed by atoms with Crippen molar-refractivity contribution in [1.29, 1.82) is 0 Å². The Morgan fingerprint density at radius 2 is 1.91 bits per heavy atom. The molecule has 1 N–H and O–H groups in total. The fraction of sp³-hybridized carbons (Fsp3) is 1.00. The Balaban J connectivity index is 2.83. The third kappa shape index (κ3) is 6.05. The normalized spacial score (nSPS) is 33.0. The molecule has 132 valence electrons. The monoisotopic (exact) mass is 334 g/mol. The Morgan fingerprint density at radius 3 is 2.45 bits per heavy atom. The molecule has 6 unspecified atom stereocenters. The molecule has 1 fully saturated rings. The van der Waals surface area contributed by atoms with Crippen molar-refractivity contribution in [1.82, 2.24) is 0 Å². The highest BCUT2D eigenvalue weighted by atomic mass is 31.0. The second kappa shape index (κ2) is 10.2. The van der Waals surface area contributed by atoms with Crippen molar-refractivity contribution in [2.24, 2.45) is 17.3 Å². The van der Waals surface area contributed by atoms with Crippen LogP contribution in [0.2, 0.25) is 0 Å². The maximum absolute atomic E-state index is 9.84. The number of aliphatic hydroxyl groups excluding tert-OH is 1. The zero-order valence-corrected chi connectivity index (χ0v) is 15.9. The quantitative estimate of drug-likeness (QED) is 0.691. The second-order valence-electron chi connectivity index (χ2n) is 7.12. The van der Waals surface area contributed by atoms with Crippen LogP contribution in [0.25, 0.3) is 0 Å². The molecule has 22 heavy (non-hydrogen) atoms. The lowest BCUT2D eigenvalue weighted by atomic mass is 9.88. The molecule has 0 spiro atoms. The summed E-state index contributed by atoms with van der Waals surface area (Å²) in [6.45, 7) is 10.3. The highest BCUT2D eigenvalue weighted by molar-refractivity contribution is 7.09. The maximum atomic E-state index is 9.84. The standard InChI is InChI=1S/C17H35O4P/c1-5-13(3)7-15-8-16(14(4)6-2)20-11-17(9-18,10-19-15)12-21-22/h13-16,18H,5-12,22H2,1-4H3. The van der Waals surface area contributed by atoms with Gasteiger partial charge in [0.05, 0.1) is 44.1 Å². The summed E-state index contributed by atoms with van der Waals surface area (Å²) in [6, 6.07) is 0. The van der Waals surface area contributed by atoms with Gasteiger partial charge in [0.25, 0.3) is 0 Å². The van der Waals surface area contributed by atoms with Crippen LogP contribution < -0.4 is 0 Å². The van der Waals surface area contributed by atoms with Crippen molar-refractivity contribution in [2.45, 2.75) is 65.6 Å². The molecule has 1 saturated heterocycles. The largest absolute Gasteiger partial charge is 0.396 e. The molecule has 0 aliphatic carbocycles. The summed E-state index contributed by atoms with van der Waals surface area (Å²) in [5, 5.41) is 9.84. The van der Waals surface area contributed by atoms with Crippen molar-refractivity contribution in [3.63, 3.8) is 0 Å². The van der Waals surface area contributed by atoms with Gasteiger partial charge in [0.15, 0.2) is 0 Å². The number of rotatable bonds is 8. The maximum Gasteiger partial charge on any atom is 0.0638 e. The summed E-state index contributed by atoms with van der Waals surface area (Å²) in [6.07, 6.45) is 4.64. The first kappa shape index (κ1) is 20.3. The molecule has 0 radical (unpaired) electrons. The van der Waals surface area contributed by atoms with Crippen LogP contribution in [0.3, 0.4) is 0 Å². The third-order valence-corrected chi connectivity index (χ3v) is 5.26. The molecule has 1 rings (SSSR count). The van der Waals surface area contributed by atoms with E-state index in [4.69, 9.17) is 14.0 Å². The summed E-state index contributed by atoms with van der Waals surface area (Å²) in [5.41, 5.74) is -0.457. The van der Waals surface area contributed by atoms with E-state index >= 15 is 0 Å². The average Bonchev–Trinajstić information content (AvgIpc) is 2.52. The van der Waals surface area contributed by atoms with Gasteiger partial charge in [-0.2, -0.15) is 0 Å². The minimum atomic E-state index is -0.457. The summed E-state index contributed by atoms with van der Waals surface area (Å²) in [5.74, 6) is 1.14. The van der Waals surface area contributed by atoms with E-state index in [0.717, 1.165) is 25.7 Å². The first-order valence-corrected chi connectivity index (χ1v) is 9.13. The van der Waals surface area contributed by atoms with E-state index in [1.165, 1.54) is 0 Å². The number of hydrogen-bond donors (Lipinski definition) is 1. The molecule has 6 atom stereocenters. The van der Waals surface area contributed by atoms with Crippen molar-refractivity contribution >= 4 is 9.47 Å². The Labute approximate surface area is 138 Å². The van der Waals surface area contributed by atoms with Crippen molar-refractivity contribution in [3.8, 4) is 0 Å². The molecule has 0 amide bonds. The minimum absolute atomic E-state index is 0.0185. The second-order valence-corrected chi connectivity index (χ2v) is 7.46. The first-order valence-electron chi connectivity index (χ1n) is 8.66. The summed E-state index contributed by atoms with van der Waals surface area (Å²) in [7, 11) is 2.26.